The molecule has 21 heavy (non-hydrogen) atoms. The van der Waals surface area contributed by atoms with Gasteiger partial charge >= 0.3 is 6.18 Å². The molecule has 0 aromatic heterocycles. The number of hydrogen-bond donors (Lipinski definition) is 1. The van der Waals surface area contributed by atoms with Gasteiger partial charge in [0.05, 0.1) is 21.3 Å². The molecule has 118 valence electrons. The molecule has 0 fully saturated rings. The molecule has 0 saturated heterocycles. The first kappa shape index (κ1) is 17.9. The van der Waals surface area contributed by atoms with Gasteiger partial charge in [0.25, 0.3) is 0 Å². The van der Waals surface area contributed by atoms with Crippen LogP contribution in [0.4, 0.5) is 13.2 Å². The topological polar surface area (TPSA) is 29.1 Å². The average Bonchev–Trinajstić information content (AvgIpc) is 2.36. The minimum absolute atomic E-state index is 0.329. The highest BCUT2D eigenvalue weighted by Gasteiger charge is 2.30. The van der Waals surface area contributed by atoms with E-state index in [0.717, 1.165) is 12.1 Å². The number of alkyl halides is 3. The van der Waals surface area contributed by atoms with Crippen LogP contribution in [0, 0.1) is 0 Å². The summed E-state index contributed by atoms with van der Waals surface area (Å²) in [5.41, 5.74) is -0.0407. The summed E-state index contributed by atoms with van der Waals surface area (Å²) in [6.45, 7) is 9.11. The lowest BCUT2D eigenvalue weighted by molar-refractivity contribution is -0.137. The zero-order valence-corrected chi connectivity index (χ0v) is 13.1. The van der Waals surface area contributed by atoms with Gasteiger partial charge < -0.3 is 0 Å². The molecule has 0 amide bonds. The van der Waals surface area contributed by atoms with Gasteiger partial charge in [-0.15, -0.1) is 6.58 Å². The van der Waals surface area contributed by atoms with Crippen LogP contribution in [0.5, 0.6) is 0 Å². The molecule has 1 aromatic rings. The van der Waals surface area contributed by atoms with Crippen molar-refractivity contribution in [3.05, 3.63) is 48.0 Å². The quantitative estimate of drug-likeness (QED) is 0.802. The maximum atomic E-state index is 12.6. The summed E-state index contributed by atoms with van der Waals surface area (Å²) in [5.74, 6) is 0. The molecule has 1 rings (SSSR count). The molecule has 1 N–H and O–H groups in total. The van der Waals surface area contributed by atoms with Crippen LogP contribution in [0.15, 0.2) is 36.9 Å². The van der Waals surface area contributed by atoms with E-state index >= 15 is 0 Å². The van der Waals surface area contributed by atoms with Gasteiger partial charge in [0, 0.05) is 6.04 Å². The van der Waals surface area contributed by atoms with Gasteiger partial charge in [0.2, 0.25) is 0 Å². The van der Waals surface area contributed by atoms with E-state index < -0.39 is 27.5 Å². The summed E-state index contributed by atoms with van der Waals surface area (Å²) in [6.07, 6.45) is -2.23. The van der Waals surface area contributed by atoms with E-state index in [1.165, 1.54) is 12.1 Å². The first-order chi connectivity index (χ1) is 9.55. The second kappa shape index (κ2) is 6.75. The standard InChI is InChI=1S/C15H20F3NOS/c1-5-6-13(19-21(20)14(2,3)4)11-7-9-12(10-8-11)15(16,17)18/h5,7-10,13,19H,1,6H2,2-4H3/t13-,21+/m0/s1. The van der Waals surface area contributed by atoms with Crippen LogP contribution in [-0.4, -0.2) is 8.96 Å². The summed E-state index contributed by atoms with van der Waals surface area (Å²) in [5, 5.41) is 0. The van der Waals surface area contributed by atoms with Gasteiger partial charge in [0.15, 0.2) is 0 Å². The van der Waals surface area contributed by atoms with Crippen LogP contribution in [-0.2, 0) is 17.2 Å². The average molecular weight is 319 g/mol. The molecule has 1 aromatic carbocycles. The van der Waals surface area contributed by atoms with Crippen LogP contribution in [0.25, 0.3) is 0 Å². The maximum Gasteiger partial charge on any atom is 0.416 e. The second-order valence-electron chi connectivity index (χ2n) is 5.70. The van der Waals surface area contributed by atoms with Crippen molar-refractivity contribution in [2.45, 2.75) is 44.2 Å². The summed E-state index contributed by atoms with van der Waals surface area (Å²) in [4.78, 5) is 0. The third kappa shape index (κ3) is 5.28. The molecule has 6 heteroatoms. The van der Waals surface area contributed by atoms with Crippen molar-refractivity contribution in [3.8, 4) is 0 Å². The summed E-state index contributed by atoms with van der Waals surface area (Å²) in [7, 11) is -1.31. The fraction of sp³-hybridized carbons (Fsp3) is 0.467. The number of hydrogen-bond acceptors (Lipinski definition) is 1. The van der Waals surface area contributed by atoms with Crippen LogP contribution >= 0.6 is 0 Å². The third-order valence-electron chi connectivity index (χ3n) is 2.85. The lowest BCUT2D eigenvalue weighted by Gasteiger charge is -2.24. The first-order valence-corrected chi connectivity index (χ1v) is 7.67. The van der Waals surface area contributed by atoms with E-state index in [0.29, 0.717) is 12.0 Å². The van der Waals surface area contributed by atoms with E-state index in [9.17, 15) is 17.4 Å². The molecular weight excluding hydrogens is 299 g/mol. The minimum atomic E-state index is -4.35. The third-order valence-corrected chi connectivity index (χ3v) is 4.46. The lowest BCUT2D eigenvalue weighted by atomic mass is 10.0. The van der Waals surface area contributed by atoms with Crippen molar-refractivity contribution < 1.29 is 17.4 Å². The van der Waals surface area contributed by atoms with E-state index in [2.05, 4.69) is 11.3 Å². The monoisotopic (exact) mass is 319 g/mol. The highest BCUT2D eigenvalue weighted by molar-refractivity contribution is 7.84. The summed E-state index contributed by atoms with van der Waals surface area (Å²) < 4.78 is 52.3. The van der Waals surface area contributed by atoms with Crippen LogP contribution in [0.1, 0.15) is 44.4 Å². The highest BCUT2D eigenvalue weighted by atomic mass is 32.2. The summed E-state index contributed by atoms with van der Waals surface area (Å²) in [6, 6.07) is 4.55. The Kier molecular flexibility index (Phi) is 5.75. The van der Waals surface area contributed by atoms with Crippen molar-refractivity contribution in [2.24, 2.45) is 0 Å². The van der Waals surface area contributed by atoms with E-state index in [-0.39, 0.29) is 6.04 Å². The van der Waals surface area contributed by atoms with Gasteiger partial charge in [-0.2, -0.15) is 13.2 Å². The van der Waals surface area contributed by atoms with Gasteiger partial charge in [-0.05, 0) is 44.9 Å². The van der Waals surface area contributed by atoms with Gasteiger partial charge in [0.1, 0.15) is 0 Å². The zero-order valence-electron chi connectivity index (χ0n) is 12.3. The van der Waals surface area contributed by atoms with Crippen molar-refractivity contribution in [3.63, 3.8) is 0 Å². The Hall–Kier alpha value is -1.14. The Balaban J connectivity index is 2.96. The summed E-state index contributed by atoms with van der Waals surface area (Å²) >= 11 is 0. The van der Waals surface area contributed by atoms with Crippen molar-refractivity contribution in [2.75, 3.05) is 0 Å². The predicted molar refractivity (Wildman–Crippen MR) is 80.0 cm³/mol. The molecule has 0 aliphatic carbocycles. The molecule has 0 saturated carbocycles. The highest BCUT2D eigenvalue weighted by Crippen LogP contribution is 2.30. The molecule has 2 atom stereocenters. The van der Waals surface area contributed by atoms with Crippen LogP contribution < -0.4 is 4.72 Å². The fourth-order valence-corrected chi connectivity index (χ4v) is 2.47. The largest absolute Gasteiger partial charge is 0.416 e. The second-order valence-corrected chi connectivity index (χ2v) is 7.69. The number of nitrogens with one attached hydrogen (secondary N) is 1. The zero-order chi connectivity index (χ0) is 16.3. The van der Waals surface area contributed by atoms with Crippen molar-refractivity contribution in [1.29, 1.82) is 0 Å². The Morgan fingerprint density at radius 1 is 1.24 bits per heavy atom. The number of benzene rings is 1. The van der Waals surface area contributed by atoms with E-state index in [4.69, 9.17) is 0 Å². The molecule has 0 spiro atoms. The van der Waals surface area contributed by atoms with E-state index in [1.54, 1.807) is 6.08 Å². The van der Waals surface area contributed by atoms with E-state index in [1.807, 2.05) is 20.8 Å². The van der Waals surface area contributed by atoms with Crippen LogP contribution in [0.2, 0.25) is 0 Å². The molecule has 2 nitrogen and oxygen atoms in total. The Bertz CT molecular complexity index is 503. The molecule has 0 heterocycles. The molecule has 0 radical (unpaired) electrons. The molecular formula is C15H20F3NOS. The molecule has 0 aliphatic rings. The first-order valence-electron chi connectivity index (χ1n) is 6.52. The Morgan fingerprint density at radius 3 is 2.14 bits per heavy atom. The fourth-order valence-electron chi connectivity index (χ4n) is 1.63. The smallest absolute Gasteiger partial charge is 0.242 e. The van der Waals surface area contributed by atoms with Gasteiger partial charge in [-0.1, -0.05) is 18.2 Å². The molecule has 0 bridgehead atoms. The van der Waals surface area contributed by atoms with Crippen molar-refractivity contribution in [1.82, 2.24) is 4.72 Å². The minimum Gasteiger partial charge on any atom is -0.242 e. The van der Waals surface area contributed by atoms with Gasteiger partial charge in [-0.25, -0.2) is 8.93 Å². The number of rotatable bonds is 5. The molecule has 0 unspecified atom stereocenters. The number of halogens is 3. The van der Waals surface area contributed by atoms with Crippen molar-refractivity contribution >= 4 is 11.0 Å². The maximum absolute atomic E-state index is 12.6. The van der Waals surface area contributed by atoms with Gasteiger partial charge in [-0.3, -0.25) is 0 Å². The molecule has 0 aliphatic heterocycles. The SMILES string of the molecule is C=CC[C@H](N[S@](=O)C(C)(C)C)c1ccc(C(F)(F)F)cc1. The van der Waals surface area contributed by atoms with Crippen LogP contribution in [0.3, 0.4) is 0 Å². The normalized spacial score (nSPS) is 15.5. The predicted octanol–water partition coefficient (Wildman–Crippen LogP) is 4.37. The Labute approximate surface area is 126 Å². The lowest BCUT2D eigenvalue weighted by Crippen LogP contribution is -2.35. The Morgan fingerprint density at radius 2 is 1.76 bits per heavy atom.